The molecule has 2 fully saturated rings. The first kappa shape index (κ1) is 12.3. The van der Waals surface area contributed by atoms with Gasteiger partial charge in [-0.3, -0.25) is 0 Å². The van der Waals surface area contributed by atoms with Crippen LogP contribution in [0, 0.1) is 0 Å². The number of nitrogens with one attached hydrogen (secondary N) is 1. The first-order chi connectivity index (χ1) is 7.79. The molecule has 0 aromatic carbocycles. The van der Waals surface area contributed by atoms with Crippen molar-refractivity contribution >= 4 is 0 Å². The topological polar surface area (TPSA) is 24.5 Å². The number of nitrogens with zero attached hydrogens (tertiary/aromatic N) is 1. The molecule has 2 aliphatic rings. The van der Waals surface area contributed by atoms with E-state index in [0.717, 1.165) is 19.8 Å². The minimum atomic E-state index is 0.239. The first-order valence-corrected chi connectivity index (χ1v) is 6.84. The number of rotatable bonds is 5. The predicted octanol–water partition coefficient (Wildman–Crippen LogP) is 1.63. The second-order valence-electron chi connectivity index (χ2n) is 5.55. The van der Waals surface area contributed by atoms with Crippen LogP contribution in [-0.2, 0) is 4.74 Å². The second-order valence-corrected chi connectivity index (χ2v) is 5.55. The van der Waals surface area contributed by atoms with Gasteiger partial charge in [-0.05, 0) is 65.2 Å². The summed E-state index contributed by atoms with van der Waals surface area (Å²) in [5.41, 5.74) is 0.239. The maximum atomic E-state index is 5.54. The Labute approximate surface area is 99.5 Å². The summed E-state index contributed by atoms with van der Waals surface area (Å²) in [6.45, 7) is 9.17. The zero-order valence-corrected chi connectivity index (χ0v) is 10.6. The van der Waals surface area contributed by atoms with Gasteiger partial charge in [-0.25, -0.2) is 0 Å². The number of ether oxygens (including phenoxy) is 1. The van der Waals surface area contributed by atoms with Crippen LogP contribution in [0.3, 0.4) is 0 Å². The Balaban J connectivity index is 1.56. The lowest BCUT2D eigenvalue weighted by molar-refractivity contribution is 0.0284. The highest BCUT2D eigenvalue weighted by Crippen LogP contribution is 2.18. The smallest absolute Gasteiger partial charge is 0.0645 e. The Morgan fingerprint density at radius 2 is 2.06 bits per heavy atom. The Bertz CT molecular complexity index is 196. The lowest BCUT2D eigenvalue weighted by Crippen LogP contribution is -2.49. The van der Waals surface area contributed by atoms with Crippen LogP contribution in [0.1, 0.15) is 39.0 Å². The molecule has 2 saturated heterocycles. The minimum Gasteiger partial charge on any atom is -0.380 e. The molecule has 3 heteroatoms. The molecule has 2 rings (SSSR count). The maximum Gasteiger partial charge on any atom is 0.0645 e. The van der Waals surface area contributed by atoms with E-state index >= 15 is 0 Å². The van der Waals surface area contributed by atoms with Crippen LogP contribution in [0.4, 0.5) is 0 Å². The molecule has 16 heavy (non-hydrogen) atoms. The molecule has 0 spiro atoms. The molecule has 2 heterocycles. The van der Waals surface area contributed by atoms with E-state index in [9.17, 15) is 0 Å². The SMILES string of the molecule is CC1(NCCCN2CCCC2)CCCOC1. The molecule has 1 N–H and O–H groups in total. The Hall–Kier alpha value is -0.120. The normalized spacial score (nSPS) is 32.1. The summed E-state index contributed by atoms with van der Waals surface area (Å²) in [6.07, 6.45) is 6.54. The molecular weight excluding hydrogens is 200 g/mol. The summed E-state index contributed by atoms with van der Waals surface area (Å²) in [6, 6.07) is 0. The highest BCUT2D eigenvalue weighted by atomic mass is 16.5. The van der Waals surface area contributed by atoms with Crippen LogP contribution in [0.15, 0.2) is 0 Å². The summed E-state index contributed by atoms with van der Waals surface area (Å²) < 4.78 is 5.54. The van der Waals surface area contributed by atoms with E-state index in [-0.39, 0.29) is 5.54 Å². The van der Waals surface area contributed by atoms with Gasteiger partial charge in [0.1, 0.15) is 0 Å². The molecule has 0 aromatic heterocycles. The molecule has 0 bridgehead atoms. The van der Waals surface area contributed by atoms with Gasteiger partial charge in [0.25, 0.3) is 0 Å². The number of hydrogen-bond donors (Lipinski definition) is 1. The molecule has 0 radical (unpaired) electrons. The summed E-state index contributed by atoms with van der Waals surface area (Å²) in [5, 5.41) is 3.67. The molecule has 2 aliphatic heterocycles. The lowest BCUT2D eigenvalue weighted by Gasteiger charge is -2.34. The van der Waals surface area contributed by atoms with Gasteiger partial charge in [0.15, 0.2) is 0 Å². The summed E-state index contributed by atoms with van der Waals surface area (Å²) in [4.78, 5) is 2.58. The minimum absolute atomic E-state index is 0.239. The molecule has 1 atom stereocenters. The van der Waals surface area contributed by atoms with Crippen molar-refractivity contribution in [2.45, 2.75) is 44.6 Å². The average Bonchev–Trinajstić information content (AvgIpc) is 2.78. The van der Waals surface area contributed by atoms with Gasteiger partial charge in [-0.15, -0.1) is 0 Å². The van der Waals surface area contributed by atoms with Crippen LogP contribution in [0.25, 0.3) is 0 Å². The van der Waals surface area contributed by atoms with E-state index in [1.54, 1.807) is 0 Å². The second kappa shape index (κ2) is 5.99. The standard InChI is InChI=1S/C13H26N2O/c1-13(6-4-11-16-12-13)14-7-5-10-15-8-2-3-9-15/h14H,2-12H2,1H3. The number of hydrogen-bond acceptors (Lipinski definition) is 3. The Kier molecular flexibility index (Phi) is 4.62. The molecule has 0 aliphatic carbocycles. The van der Waals surface area contributed by atoms with Gasteiger partial charge < -0.3 is 15.0 Å². The first-order valence-electron chi connectivity index (χ1n) is 6.84. The fourth-order valence-electron chi connectivity index (χ4n) is 2.77. The van der Waals surface area contributed by atoms with Gasteiger partial charge in [-0.1, -0.05) is 0 Å². The van der Waals surface area contributed by atoms with Crippen molar-refractivity contribution in [3.05, 3.63) is 0 Å². The van der Waals surface area contributed by atoms with Crippen LogP contribution in [0.5, 0.6) is 0 Å². The quantitative estimate of drug-likeness (QED) is 0.721. The van der Waals surface area contributed by atoms with Crippen molar-refractivity contribution in [2.24, 2.45) is 0 Å². The van der Waals surface area contributed by atoms with Crippen molar-refractivity contribution < 1.29 is 4.74 Å². The monoisotopic (exact) mass is 226 g/mol. The van der Waals surface area contributed by atoms with Crippen LogP contribution < -0.4 is 5.32 Å². The zero-order chi connectivity index (χ0) is 11.3. The molecule has 94 valence electrons. The third-order valence-corrected chi connectivity index (χ3v) is 3.84. The van der Waals surface area contributed by atoms with E-state index in [0.29, 0.717) is 0 Å². The third-order valence-electron chi connectivity index (χ3n) is 3.84. The molecule has 3 nitrogen and oxygen atoms in total. The van der Waals surface area contributed by atoms with Crippen molar-refractivity contribution in [1.29, 1.82) is 0 Å². The number of likely N-dealkylation sites (tertiary alicyclic amines) is 1. The molecular formula is C13H26N2O. The fraction of sp³-hybridized carbons (Fsp3) is 1.00. The average molecular weight is 226 g/mol. The van der Waals surface area contributed by atoms with Crippen molar-refractivity contribution in [2.75, 3.05) is 39.4 Å². The van der Waals surface area contributed by atoms with Gasteiger partial charge in [0.2, 0.25) is 0 Å². The van der Waals surface area contributed by atoms with Gasteiger partial charge in [-0.2, -0.15) is 0 Å². The van der Waals surface area contributed by atoms with Gasteiger partial charge in [0, 0.05) is 12.1 Å². The van der Waals surface area contributed by atoms with Gasteiger partial charge >= 0.3 is 0 Å². The largest absolute Gasteiger partial charge is 0.380 e. The van der Waals surface area contributed by atoms with E-state index in [1.165, 1.54) is 51.7 Å². The van der Waals surface area contributed by atoms with Gasteiger partial charge in [0.05, 0.1) is 6.61 Å². The fourth-order valence-corrected chi connectivity index (χ4v) is 2.77. The Morgan fingerprint density at radius 3 is 2.75 bits per heavy atom. The van der Waals surface area contributed by atoms with Crippen molar-refractivity contribution in [3.8, 4) is 0 Å². The predicted molar refractivity (Wildman–Crippen MR) is 66.8 cm³/mol. The maximum absolute atomic E-state index is 5.54. The molecule has 0 amide bonds. The van der Waals surface area contributed by atoms with Crippen LogP contribution in [0.2, 0.25) is 0 Å². The van der Waals surface area contributed by atoms with E-state index in [4.69, 9.17) is 4.74 Å². The molecule has 0 aromatic rings. The summed E-state index contributed by atoms with van der Waals surface area (Å²) in [5.74, 6) is 0. The molecule has 0 saturated carbocycles. The van der Waals surface area contributed by atoms with E-state index < -0.39 is 0 Å². The summed E-state index contributed by atoms with van der Waals surface area (Å²) in [7, 11) is 0. The molecule has 1 unspecified atom stereocenters. The van der Waals surface area contributed by atoms with Crippen LogP contribution >= 0.6 is 0 Å². The lowest BCUT2D eigenvalue weighted by atomic mass is 9.95. The van der Waals surface area contributed by atoms with E-state index in [2.05, 4.69) is 17.1 Å². The zero-order valence-electron chi connectivity index (χ0n) is 10.6. The highest BCUT2D eigenvalue weighted by Gasteiger charge is 2.26. The van der Waals surface area contributed by atoms with E-state index in [1.807, 2.05) is 0 Å². The van der Waals surface area contributed by atoms with Crippen LogP contribution in [-0.4, -0.2) is 49.8 Å². The summed E-state index contributed by atoms with van der Waals surface area (Å²) >= 11 is 0. The highest BCUT2D eigenvalue weighted by molar-refractivity contribution is 4.85. The Morgan fingerprint density at radius 1 is 1.25 bits per heavy atom. The van der Waals surface area contributed by atoms with Crippen molar-refractivity contribution in [1.82, 2.24) is 10.2 Å². The third kappa shape index (κ3) is 3.72. The van der Waals surface area contributed by atoms with Crippen molar-refractivity contribution in [3.63, 3.8) is 0 Å².